The van der Waals surface area contributed by atoms with Gasteiger partial charge < -0.3 is 40.7 Å². The number of ether oxygens (including phenoxy) is 1. The van der Waals surface area contributed by atoms with Crippen molar-refractivity contribution >= 4 is 11.9 Å². The topological polar surface area (TPSA) is 177 Å². The number of carbonyl (C=O) groups excluding carboxylic acids is 1. The Bertz CT molecular complexity index is 1000. The largest absolute Gasteiger partial charge is 0.479 e. The van der Waals surface area contributed by atoms with E-state index < -0.39 is 54.7 Å². The molecule has 1 saturated heterocycles. The molecule has 61 heavy (non-hydrogen) atoms. The second-order valence-corrected chi connectivity index (χ2v) is 18.9. The summed E-state index contributed by atoms with van der Waals surface area (Å²) in [4.78, 5) is 24.7. The maximum Gasteiger partial charge on any atom is 0.335 e. The third-order valence-electron chi connectivity index (χ3n) is 13.2. The Hall–Kier alpha value is -1.30. The number of hydrogen-bond donors (Lipinski definition) is 7. The highest BCUT2D eigenvalue weighted by Crippen LogP contribution is 2.26. The zero-order valence-corrected chi connectivity index (χ0v) is 39.6. The highest BCUT2D eigenvalue weighted by molar-refractivity contribution is 5.76. The van der Waals surface area contributed by atoms with Crippen molar-refractivity contribution in [3.05, 3.63) is 0 Å². The van der Waals surface area contributed by atoms with Crippen LogP contribution in [0.5, 0.6) is 0 Å². The zero-order chi connectivity index (χ0) is 44.8. The van der Waals surface area contributed by atoms with Crippen molar-refractivity contribution in [1.82, 2.24) is 5.32 Å². The second kappa shape index (κ2) is 40.2. The van der Waals surface area contributed by atoms with Gasteiger partial charge in [-0.15, -0.1) is 0 Å². The normalized spacial score (nSPS) is 20.7. The summed E-state index contributed by atoms with van der Waals surface area (Å²) < 4.78 is 5.45. The van der Waals surface area contributed by atoms with E-state index in [0.29, 0.717) is 12.8 Å². The minimum absolute atomic E-state index is 0.00149. The van der Waals surface area contributed by atoms with Gasteiger partial charge in [0.2, 0.25) is 5.91 Å². The second-order valence-electron chi connectivity index (χ2n) is 18.9. The van der Waals surface area contributed by atoms with Crippen LogP contribution >= 0.6 is 0 Å². The molecular weight excluding hydrogens is 771 g/mol. The quantitative estimate of drug-likeness (QED) is 0.0294. The molecule has 7 N–H and O–H groups in total. The van der Waals surface area contributed by atoms with Crippen LogP contribution in [-0.2, 0) is 14.3 Å². The number of rotatable bonds is 44. The molecule has 1 aliphatic rings. The van der Waals surface area contributed by atoms with Crippen molar-refractivity contribution < 1.29 is 45.0 Å². The van der Waals surface area contributed by atoms with Gasteiger partial charge in [-0.05, 0) is 25.7 Å². The molecule has 10 heteroatoms. The van der Waals surface area contributed by atoms with E-state index in [1.54, 1.807) is 0 Å². The number of carboxylic acids is 1. The lowest BCUT2D eigenvalue weighted by molar-refractivity contribution is -0.229. The number of hydrogen-bond acceptors (Lipinski definition) is 8. The van der Waals surface area contributed by atoms with Crippen LogP contribution in [0.25, 0.3) is 0 Å². The Labute approximate surface area is 374 Å². The molecule has 1 heterocycles. The maximum absolute atomic E-state index is 13.1. The SMILES string of the molecule is CCCCCCCCCCCCCCCCCCCCCCCCCC(=O)NC(CCC1OC(C(=O)O)C(O)C(O)C1O)C(O)C(O)CCCCCCCCCCCCCC. The van der Waals surface area contributed by atoms with E-state index >= 15 is 0 Å². The number of carbonyl (C=O) groups is 2. The van der Waals surface area contributed by atoms with Gasteiger partial charge in [-0.1, -0.05) is 232 Å². The van der Waals surface area contributed by atoms with E-state index in [-0.39, 0.29) is 18.7 Å². The van der Waals surface area contributed by atoms with Crippen LogP contribution in [0.4, 0.5) is 0 Å². The molecule has 362 valence electrons. The zero-order valence-electron chi connectivity index (χ0n) is 39.6. The predicted octanol–water partition coefficient (Wildman–Crippen LogP) is 11.4. The molecule has 0 aromatic rings. The average Bonchev–Trinajstić information content (AvgIpc) is 3.25. The minimum Gasteiger partial charge on any atom is -0.479 e. The lowest BCUT2D eigenvalue weighted by Gasteiger charge is -2.39. The summed E-state index contributed by atoms with van der Waals surface area (Å²) in [5, 5.41) is 65.5. The monoisotopic (exact) mass is 870 g/mol. The van der Waals surface area contributed by atoms with Crippen LogP contribution in [0.3, 0.4) is 0 Å². The molecule has 0 saturated carbocycles. The van der Waals surface area contributed by atoms with Gasteiger partial charge in [0, 0.05) is 6.42 Å². The molecule has 0 spiro atoms. The third-order valence-corrected chi connectivity index (χ3v) is 13.2. The molecule has 8 unspecified atom stereocenters. The molecule has 8 atom stereocenters. The fourth-order valence-electron chi connectivity index (χ4n) is 9.05. The third kappa shape index (κ3) is 30.5. The molecule has 0 aromatic heterocycles. The highest BCUT2D eigenvalue weighted by Gasteiger charge is 2.47. The summed E-state index contributed by atoms with van der Waals surface area (Å²) in [6.07, 6.45) is 34.9. The Balaban J connectivity index is 2.30. The Kier molecular flexibility index (Phi) is 38.1. The average molecular weight is 870 g/mol. The molecule has 1 aliphatic heterocycles. The fourth-order valence-corrected chi connectivity index (χ4v) is 9.05. The van der Waals surface area contributed by atoms with E-state index in [4.69, 9.17) is 4.74 Å². The summed E-state index contributed by atoms with van der Waals surface area (Å²) in [6, 6.07) is -0.854. The number of aliphatic hydroxyl groups is 5. The van der Waals surface area contributed by atoms with Crippen LogP contribution in [0.2, 0.25) is 0 Å². The van der Waals surface area contributed by atoms with E-state index in [9.17, 15) is 40.2 Å². The molecule has 0 bridgehead atoms. The van der Waals surface area contributed by atoms with Gasteiger partial charge in [0.15, 0.2) is 6.10 Å². The number of unbranched alkanes of at least 4 members (excludes halogenated alkanes) is 33. The number of nitrogens with one attached hydrogen (secondary N) is 1. The lowest BCUT2D eigenvalue weighted by Crippen LogP contribution is -2.60. The van der Waals surface area contributed by atoms with Crippen molar-refractivity contribution in [2.24, 2.45) is 0 Å². The van der Waals surface area contributed by atoms with Crippen molar-refractivity contribution in [2.45, 2.75) is 313 Å². The number of aliphatic hydroxyl groups excluding tert-OH is 5. The smallest absolute Gasteiger partial charge is 0.335 e. The summed E-state index contributed by atoms with van der Waals surface area (Å²) in [5.74, 6) is -1.68. The molecule has 0 aliphatic carbocycles. The lowest BCUT2D eigenvalue weighted by atomic mass is 9.89. The number of amides is 1. The number of carboxylic acid groups (broad SMARTS) is 1. The van der Waals surface area contributed by atoms with Crippen molar-refractivity contribution in [2.75, 3.05) is 0 Å². The van der Waals surface area contributed by atoms with Crippen LogP contribution < -0.4 is 5.32 Å². The van der Waals surface area contributed by atoms with Gasteiger partial charge in [0.05, 0.1) is 24.4 Å². The van der Waals surface area contributed by atoms with Crippen molar-refractivity contribution in [3.63, 3.8) is 0 Å². The predicted molar refractivity (Wildman–Crippen MR) is 250 cm³/mol. The van der Waals surface area contributed by atoms with Gasteiger partial charge in [-0.3, -0.25) is 4.79 Å². The van der Waals surface area contributed by atoms with Gasteiger partial charge in [0.25, 0.3) is 0 Å². The van der Waals surface area contributed by atoms with Gasteiger partial charge in [-0.25, -0.2) is 4.79 Å². The highest BCUT2D eigenvalue weighted by atomic mass is 16.6. The van der Waals surface area contributed by atoms with Crippen LogP contribution in [0.1, 0.15) is 264 Å². The molecular formula is C51H99NO9. The molecule has 1 rings (SSSR count). The standard InChI is InChI=1S/C51H99NO9/c1-3-5-7-9-11-13-15-17-18-19-20-21-22-23-24-25-26-27-29-31-33-35-37-39-45(54)52-42(40-41-44-47(56)48(57)49(58)50(61-44)51(59)60)46(55)43(53)38-36-34-32-30-28-16-14-12-10-8-6-4-2/h42-44,46-50,53,55-58H,3-41H2,1-2H3,(H,52,54)(H,59,60). The first-order valence-electron chi connectivity index (χ1n) is 26.2. The summed E-state index contributed by atoms with van der Waals surface area (Å²) >= 11 is 0. The van der Waals surface area contributed by atoms with E-state index in [0.717, 1.165) is 51.4 Å². The van der Waals surface area contributed by atoms with Gasteiger partial charge >= 0.3 is 5.97 Å². The molecule has 1 amide bonds. The van der Waals surface area contributed by atoms with Crippen LogP contribution in [-0.4, -0.2) is 91.3 Å². The maximum atomic E-state index is 13.1. The first-order valence-corrected chi connectivity index (χ1v) is 26.2. The molecule has 10 nitrogen and oxygen atoms in total. The summed E-state index contributed by atoms with van der Waals surface area (Å²) in [5.41, 5.74) is 0. The van der Waals surface area contributed by atoms with Crippen molar-refractivity contribution in [3.8, 4) is 0 Å². The minimum atomic E-state index is -1.79. The molecule has 0 radical (unpaired) electrons. The molecule has 0 aromatic carbocycles. The first kappa shape index (κ1) is 57.7. The Morgan fingerprint density at radius 2 is 0.820 bits per heavy atom. The van der Waals surface area contributed by atoms with Gasteiger partial charge in [0.1, 0.15) is 18.3 Å². The van der Waals surface area contributed by atoms with Crippen LogP contribution in [0, 0.1) is 0 Å². The first-order chi connectivity index (χ1) is 29.6. The van der Waals surface area contributed by atoms with Crippen LogP contribution in [0.15, 0.2) is 0 Å². The summed E-state index contributed by atoms with van der Waals surface area (Å²) in [6.45, 7) is 4.52. The fraction of sp³-hybridized carbons (Fsp3) is 0.961. The van der Waals surface area contributed by atoms with E-state index in [1.807, 2.05) is 0 Å². The Morgan fingerprint density at radius 1 is 0.475 bits per heavy atom. The van der Waals surface area contributed by atoms with E-state index in [2.05, 4.69) is 19.2 Å². The van der Waals surface area contributed by atoms with Crippen molar-refractivity contribution in [1.29, 1.82) is 0 Å². The summed E-state index contributed by atoms with van der Waals surface area (Å²) in [7, 11) is 0. The van der Waals surface area contributed by atoms with E-state index in [1.165, 1.54) is 173 Å². The van der Waals surface area contributed by atoms with Gasteiger partial charge in [-0.2, -0.15) is 0 Å². The molecule has 1 fully saturated rings. The number of aliphatic carboxylic acids is 1. The Morgan fingerprint density at radius 3 is 1.18 bits per heavy atom.